The van der Waals surface area contributed by atoms with Crippen molar-refractivity contribution in [3.63, 3.8) is 0 Å². The van der Waals surface area contributed by atoms with Gasteiger partial charge in [-0.1, -0.05) is 42.5 Å². The third-order valence-corrected chi connectivity index (χ3v) is 4.18. The zero-order valence-electron chi connectivity index (χ0n) is 14.1. The highest BCUT2D eigenvalue weighted by Crippen LogP contribution is 2.28. The Morgan fingerprint density at radius 1 is 1.19 bits per heavy atom. The molecule has 2 aromatic carbocycles. The molecular formula is C19H17N5O2. The number of nitrogens with one attached hydrogen (secondary N) is 2. The molecule has 26 heavy (non-hydrogen) atoms. The van der Waals surface area contributed by atoms with Crippen molar-refractivity contribution in [2.45, 2.75) is 19.4 Å². The van der Waals surface area contributed by atoms with Crippen LogP contribution in [-0.4, -0.2) is 26.6 Å². The Balaban J connectivity index is 1.52. The van der Waals surface area contributed by atoms with Crippen LogP contribution in [0, 0.1) is 6.92 Å². The predicted octanol–water partition coefficient (Wildman–Crippen LogP) is 2.78. The molecule has 130 valence electrons. The quantitative estimate of drug-likeness (QED) is 0.759. The first kappa shape index (κ1) is 16.0. The monoisotopic (exact) mass is 347 g/mol. The van der Waals surface area contributed by atoms with Gasteiger partial charge in [0.15, 0.2) is 5.82 Å². The highest BCUT2D eigenvalue weighted by molar-refractivity contribution is 6.01. The smallest absolute Gasteiger partial charge is 0.252 e. The summed E-state index contributed by atoms with van der Waals surface area (Å²) in [6.07, 6.45) is -0.00956. The second-order valence-electron chi connectivity index (χ2n) is 6.20. The Morgan fingerprint density at radius 3 is 2.77 bits per heavy atom. The van der Waals surface area contributed by atoms with E-state index in [0.717, 1.165) is 11.1 Å². The second-order valence-corrected chi connectivity index (χ2v) is 6.20. The van der Waals surface area contributed by atoms with Gasteiger partial charge in [0.1, 0.15) is 6.04 Å². The molecule has 2 N–H and O–H groups in total. The molecule has 7 heteroatoms. The number of rotatable bonds is 4. The SMILES string of the molecule is Cc1cccc(NC(=O)CC2C(=O)Nc3nc(-c4ccccc4)nn32)c1. The van der Waals surface area contributed by atoms with E-state index in [4.69, 9.17) is 0 Å². The fraction of sp³-hybridized carbons (Fsp3) is 0.158. The number of anilines is 2. The molecule has 1 atom stereocenters. The lowest BCUT2D eigenvalue weighted by molar-refractivity contribution is -0.123. The number of carbonyl (C=O) groups is 2. The van der Waals surface area contributed by atoms with Crippen molar-refractivity contribution in [2.75, 3.05) is 10.6 Å². The Bertz CT molecular complexity index is 981. The lowest BCUT2D eigenvalue weighted by Crippen LogP contribution is -2.23. The number of nitrogens with zero attached hydrogens (tertiary/aromatic N) is 3. The Labute approximate surface area is 150 Å². The number of fused-ring (bicyclic) bond motifs is 1. The molecule has 0 radical (unpaired) electrons. The van der Waals surface area contributed by atoms with Crippen LogP contribution in [0.2, 0.25) is 0 Å². The van der Waals surface area contributed by atoms with E-state index in [-0.39, 0.29) is 18.2 Å². The first-order chi connectivity index (χ1) is 12.6. The molecule has 0 saturated heterocycles. The van der Waals surface area contributed by atoms with Crippen LogP contribution in [0.15, 0.2) is 54.6 Å². The normalized spacial score (nSPS) is 15.4. The van der Waals surface area contributed by atoms with Crippen molar-refractivity contribution in [3.05, 3.63) is 60.2 Å². The largest absolute Gasteiger partial charge is 0.326 e. The van der Waals surface area contributed by atoms with E-state index >= 15 is 0 Å². The Kier molecular flexibility index (Phi) is 3.96. The average molecular weight is 347 g/mol. The van der Waals surface area contributed by atoms with Gasteiger partial charge in [0.25, 0.3) is 5.91 Å². The summed E-state index contributed by atoms with van der Waals surface area (Å²) in [5.41, 5.74) is 2.61. The van der Waals surface area contributed by atoms with E-state index in [2.05, 4.69) is 20.7 Å². The van der Waals surface area contributed by atoms with Gasteiger partial charge in [-0.3, -0.25) is 14.9 Å². The van der Waals surface area contributed by atoms with Gasteiger partial charge in [-0.2, -0.15) is 4.98 Å². The third kappa shape index (κ3) is 3.06. The summed E-state index contributed by atoms with van der Waals surface area (Å²) < 4.78 is 1.49. The van der Waals surface area contributed by atoms with E-state index in [1.54, 1.807) is 0 Å². The minimum atomic E-state index is -0.709. The van der Waals surface area contributed by atoms with Crippen LogP contribution in [-0.2, 0) is 9.59 Å². The highest BCUT2D eigenvalue weighted by Gasteiger charge is 2.35. The molecule has 0 saturated carbocycles. The highest BCUT2D eigenvalue weighted by atomic mass is 16.2. The molecule has 3 aromatic rings. The first-order valence-corrected chi connectivity index (χ1v) is 8.29. The lowest BCUT2D eigenvalue weighted by Gasteiger charge is -2.10. The average Bonchev–Trinajstić information content (AvgIpc) is 3.15. The van der Waals surface area contributed by atoms with Crippen molar-refractivity contribution in [2.24, 2.45) is 0 Å². The van der Waals surface area contributed by atoms with Crippen molar-refractivity contribution < 1.29 is 9.59 Å². The number of aromatic nitrogens is 3. The number of benzene rings is 2. The van der Waals surface area contributed by atoms with E-state index in [1.807, 2.05) is 61.5 Å². The molecule has 0 spiro atoms. The maximum atomic E-state index is 12.4. The summed E-state index contributed by atoms with van der Waals surface area (Å²) in [5, 5.41) is 9.91. The van der Waals surface area contributed by atoms with E-state index in [1.165, 1.54) is 4.68 Å². The van der Waals surface area contributed by atoms with E-state index in [0.29, 0.717) is 17.5 Å². The molecule has 1 aromatic heterocycles. The summed E-state index contributed by atoms with van der Waals surface area (Å²) >= 11 is 0. The van der Waals surface area contributed by atoms with Gasteiger partial charge in [0, 0.05) is 11.3 Å². The maximum absolute atomic E-state index is 12.4. The standard InChI is InChI=1S/C19H17N5O2/c1-12-6-5-9-14(10-12)20-16(25)11-15-18(26)22-19-21-17(23-24(15)19)13-7-3-2-4-8-13/h2-10,15H,11H2,1H3,(H,20,25)(H,21,22,23,26). The summed E-state index contributed by atoms with van der Waals surface area (Å²) in [7, 11) is 0. The first-order valence-electron chi connectivity index (χ1n) is 8.29. The van der Waals surface area contributed by atoms with E-state index in [9.17, 15) is 9.59 Å². The number of hydrogen-bond acceptors (Lipinski definition) is 4. The van der Waals surface area contributed by atoms with Gasteiger partial charge >= 0.3 is 0 Å². The van der Waals surface area contributed by atoms with Gasteiger partial charge in [0.05, 0.1) is 6.42 Å². The minimum Gasteiger partial charge on any atom is -0.326 e. The molecule has 1 unspecified atom stereocenters. The summed E-state index contributed by atoms with van der Waals surface area (Å²) in [5.74, 6) is 0.353. The number of aryl methyl sites for hydroxylation is 1. The predicted molar refractivity (Wildman–Crippen MR) is 97.6 cm³/mol. The zero-order chi connectivity index (χ0) is 18.1. The van der Waals surface area contributed by atoms with Gasteiger partial charge in [-0.05, 0) is 24.6 Å². The van der Waals surface area contributed by atoms with Crippen molar-refractivity contribution in [1.82, 2.24) is 14.8 Å². The van der Waals surface area contributed by atoms with Gasteiger partial charge < -0.3 is 5.32 Å². The van der Waals surface area contributed by atoms with Crippen molar-refractivity contribution in [1.29, 1.82) is 0 Å². The molecule has 1 aliphatic rings. The number of amides is 2. The van der Waals surface area contributed by atoms with Gasteiger partial charge in [0.2, 0.25) is 11.9 Å². The molecule has 0 aliphatic carbocycles. The van der Waals surface area contributed by atoms with Gasteiger partial charge in [-0.25, -0.2) is 4.68 Å². The van der Waals surface area contributed by atoms with Crippen LogP contribution < -0.4 is 10.6 Å². The number of carbonyl (C=O) groups excluding carboxylic acids is 2. The molecule has 7 nitrogen and oxygen atoms in total. The molecule has 0 fully saturated rings. The second kappa shape index (κ2) is 6.44. The molecule has 4 rings (SSSR count). The van der Waals surface area contributed by atoms with E-state index < -0.39 is 6.04 Å². The third-order valence-electron chi connectivity index (χ3n) is 4.18. The fourth-order valence-corrected chi connectivity index (χ4v) is 2.93. The minimum absolute atomic E-state index is 0.00956. The van der Waals surface area contributed by atoms with Crippen molar-refractivity contribution in [3.8, 4) is 11.4 Å². The number of hydrogen-bond donors (Lipinski definition) is 2. The maximum Gasteiger partial charge on any atom is 0.252 e. The van der Waals surface area contributed by atoms with Crippen LogP contribution in [0.4, 0.5) is 11.6 Å². The molecular weight excluding hydrogens is 330 g/mol. The Hall–Kier alpha value is -3.48. The lowest BCUT2D eigenvalue weighted by atomic mass is 10.2. The zero-order valence-corrected chi connectivity index (χ0v) is 14.1. The topological polar surface area (TPSA) is 88.9 Å². The van der Waals surface area contributed by atoms with Crippen LogP contribution in [0.1, 0.15) is 18.0 Å². The van der Waals surface area contributed by atoms with Crippen molar-refractivity contribution >= 4 is 23.5 Å². The fourth-order valence-electron chi connectivity index (χ4n) is 2.93. The molecule has 2 amide bonds. The molecule has 0 bridgehead atoms. The Morgan fingerprint density at radius 2 is 2.00 bits per heavy atom. The van der Waals surface area contributed by atoms with Crippen LogP contribution >= 0.6 is 0 Å². The summed E-state index contributed by atoms with van der Waals surface area (Å²) in [4.78, 5) is 28.9. The van der Waals surface area contributed by atoms with Crippen LogP contribution in [0.3, 0.4) is 0 Å². The molecule has 1 aliphatic heterocycles. The molecule has 2 heterocycles. The van der Waals surface area contributed by atoms with Crippen LogP contribution in [0.25, 0.3) is 11.4 Å². The summed E-state index contributed by atoms with van der Waals surface area (Å²) in [6.45, 7) is 1.95. The van der Waals surface area contributed by atoms with Gasteiger partial charge in [-0.15, -0.1) is 5.10 Å². The van der Waals surface area contributed by atoms with Crippen LogP contribution in [0.5, 0.6) is 0 Å². The summed E-state index contributed by atoms with van der Waals surface area (Å²) in [6, 6.07) is 16.3.